The molecule has 19 heavy (non-hydrogen) atoms. The van der Waals surface area contributed by atoms with Crippen LogP contribution in [-0.4, -0.2) is 26.1 Å². The fourth-order valence-corrected chi connectivity index (χ4v) is 2.01. The van der Waals surface area contributed by atoms with E-state index in [1.165, 1.54) is 12.1 Å². The Morgan fingerprint density at radius 2 is 2.37 bits per heavy atom. The molecule has 99 valence electrons. The van der Waals surface area contributed by atoms with Crippen LogP contribution in [0.3, 0.4) is 0 Å². The first-order chi connectivity index (χ1) is 9.22. The Hall–Kier alpha value is -1.59. The third-order valence-electron chi connectivity index (χ3n) is 2.94. The highest BCUT2D eigenvalue weighted by Crippen LogP contribution is 2.24. The standard InChI is InChI=1S/C14H16BFNO2/c1-17-9-10-3-2-4-12(7-10)19-14-6-5-11(15-18)8-13(14)16/h2-6,8,10,17-18H,7,9H2,1H3. The van der Waals surface area contributed by atoms with Gasteiger partial charge in [0.1, 0.15) is 5.76 Å². The second-order valence-corrected chi connectivity index (χ2v) is 4.46. The van der Waals surface area contributed by atoms with E-state index >= 15 is 0 Å². The lowest BCUT2D eigenvalue weighted by atomic mass is 9.89. The summed E-state index contributed by atoms with van der Waals surface area (Å²) in [7, 11) is 2.76. The molecule has 0 spiro atoms. The van der Waals surface area contributed by atoms with Crippen molar-refractivity contribution in [3.05, 3.63) is 48.0 Å². The van der Waals surface area contributed by atoms with Crippen LogP contribution in [0.4, 0.5) is 4.39 Å². The normalized spacial score (nSPS) is 18.1. The Morgan fingerprint density at radius 3 is 3.05 bits per heavy atom. The zero-order valence-corrected chi connectivity index (χ0v) is 10.8. The molecular weight excluding hydrogens is 244 g/mol. The van der Waals surface area contributed by atoms with E-state index in [0.717, 1.165) is 26.2 Å². The van der Waals surface area contributed by atoms with Crippen LogP contribution in [0.25, 0.3) is 0 Å². The molecule has 5 heteroatoms. The van der Waals surface area contributed by atoms with Crippen molar-refractivity contribution >= 4 is 12.9 Å². The molecule has 1 unspecified atom stereocenters. The van der Waals surface area contributed by atoms with E-state index in [1.807, 2.05) is 19.2 Å². The number of hydrogen-bond acceptors (Lipinski definition) is 3. The van der Waals surface area contributed by atoms with Crippen molar-refractivity contribution in [2.45, 2.75) is 6.42 Å². The number of ether oxygens (including phenoxy) is 1. The van der Waals surface area contributed by atoms with Crippen LogP contribution >= 0.6 is 0 Å². The quantitative estimate of drug-likeness (QED) is 0.779. The van der Waals surface area contributed by atoms with E-state index in [-0.39, 0.29) is 5.75 Å². The molecule has 1 aromatic rings. The summed E-state index contributed by atoms with van der Waals surface area (Å²) in [5, 5.41) is 11.9. The van der Waals surface area contributed by atoms with Crippen molar-refractivity contribution < 1.29 is 14.2 Å². The number of halogens is 1. The van der Waals surface area contributed by atoms with Crippen molar-refractivity contribution in [1.82, 2.24) is 5.32 Å². The summed E-state index contributed by atoms with van der Waals surface area (Å²) in [6.07, 6.45) is 6.61. The van der Waals surface area contributed by atoms with Gasteiger partial charge in [-0.3, -0.25) is 0 Å². The minimum atomic E-state index is -0.483. The molecule has 2 rings (SSSR count). The molecule has 1 radical (unpaired) electrons. The van der Waals surface area contributed by atoms with E-state index in [4.69, 9.17) is 9.76 Å². The second kappa shape index (κ2) is 6.54. The summed E-state index contributed by atoms with van der Waals surface area (Å²) in [4.78, 5) is 0. The Kier molecular flexibility index (Phi) is 4.77. The highest BCUT2D eigenvalue weighted by Gasteiger charge is 2.14. The van der Waals surface area contributed by atoms with Gasteiger partial charge in [-0.15, -0.1) is 0 Å². The first kappa shape index (κ1) is 13.8. The molecule has 0 aliphatic heterocycles. The molecule has 0 saturated carbocycles. The molecule has 0 saturated heterocycles. The summed E-state index contributed by atoms with van der Waals surface area (Å²) in [6.45, 7) is 0.859. The molecule has 1 aromatic carbocycles. The van der Waals surface area contributed by atoms with Crippen molar-refractivity contribution in [3.8, 4) is 5.75 Å². The zero-order chi connectivity index (χ0) is 13.7. The second-order valence-electron chi connectivity index (χ2n) is 4.46. The molecule has 1 aliphatic carbocycles. The van der Waals surface area contributed by atoms with Gasteiger partial charge < -0.3 is 15.1 Å². The predicted molar refractivity (Wildman–Crippen MR) is 73.9 cm³/mol. The summed E-state index contributed by atoms with van der Waals surface area (Å²) in [5.41, 5.74) is 0.412. The minimum Gasteiger partial charge on any atom is -0.459 e. The number of rotatable bonds is 5. The molecule has 0 fully saturated rings. The van der Waals surface area contributed by atoms with Gasteiger partial charge in [0, 0.05) is 13.0 Å². The number of nitrogens with one attached hydrogen (secondary N) is 1. The van der Waals surface area contributed by atoms with Gasteiger partial charge in [-0.05, 0) is 31.2 Å². The van der Waals surface area contributed by atoms with Gasteiger partial charge >= 0.3 is 7.48 Å². The molecule has 1 atom stereocenters. The topological polar surface area (TPSA) is 41.5 Å². The van der Waals surface area contributed by atoms with Crippen molar-refractivity contribution in [2.75, 3.05) is 13.6 Å². The monoisotopic (exact) mass is 260 g/mol. The molecule has 0 amide bonds. The van der Waals surface area contributed by atoms with Crippen LogP contribution < -0.4 is 15.5 Å². The Morgan fingerprint density at radius 1 is 1.53 bits per heavy atom. The van der Waals surface area contributed by atoms with Gasteiger partial charge in [0.05, 0.1) is 0 Å². The highest BCUT2D eigenvalue weighted by molar-refractivity contribution is 6.45. The fraction of sp³-hybridized carbons (Fsp3) is 0.286. The van der Waals surface area contributed by atoms with Crippen LogP contribution in [-0.2, 0) is 0 Å². The van der Waals surface area contributed by atoms with Gasteiger partial charge in [-0.2, -0.15) is 0 Å². The summed E-state index contributed by atoms with van der Waals surface area (Å²) in [5.74, 6) is 0.791. The van der Waals surface area contributed by atoms with E-state index < -0.39 is 5.82 Å². The largest absolute Gasteiger partial charge is 0.459 e. The highest BCUT2D eigenvalue weighted by atomic mass is 19.1. The average molecular weight is 260 g/mol. The maximum Gasteiger partial charge on any atom is 0.326 e. The van der Waals surface area contributed by atoms with Gasteiger partial charge in [0.2, 0.25) is 0 Å². The van der Waals surface area contributed by atoms with Crippen molar-refractivity contribution in [1.29, 1.82) is 0 Å². The van der Waals surface area contributed by atoms with Crippen molar-refractivity contribution in [2.24, 2.45) is 5.92 Å². The molecule has 0 aromatic heterocycles. The lowest BCUT2D eigenvalue weighted by molar-refractivity contribution is 0.357. The lowest BCUT2D eigenvalue weighted by Gasteiger charge is -2.19. The van der Waals surface area contributed by atoms with Crippen LogP contribution in [0.1, 0.15) is 6.42 Å². The molecule has 1 aliphatic rings. The maximum absolute atomic E-state index is 13.7. The first-order valence-electron chi connectivity index (χ1n) is 6.19. The van der Waals surface area contributed by atoms with E-state index in [1.54, 1.807) is 6.07 Å². The zero-order valence-electron chi connectivity index (χ0n) is 10.8. The van der Waals surface area contributed by atoms with Crippen LogP contribution in [0, 0.1) is 11.7 Å². The maximum atomic E-state index is 13.7. The van der Waals surface area contributed by atoms with Crippen LogP contribution in [0.5, 0.6) is 5.75 Å². The summed E-state index contributed by atoms with van der Waals surface area (Å²) in [6, 6.07) is 4.35. The smallest absolute Gasteiger partial charge is 0.326 e. The molecule has 3 nitrogen and oxygen atoms in total. The Labute approximate surface area is 113 Å². The molecule has 0 heterocycles. The molecule has 0 bridgehead atoms. The van der Waals surface area contributed by atoms with Gasteiger partial charge in [-0.1, -0.05) is 23.7 Å². The third kappa shape index (κ3) is 3.69. The number of benzene rings is 1. The van der Waals surface area contributed by atoms with E-state index in [9.17, 15) is 4.39 Å². The van der Waals surface area contributed by atoms with Gasteiger partial charge in [-0.25, -0.2) is 4.39 Å². The molecular formula is C14H16BFNO2. The summed E-state index contributed by atoms with van der Waals surface area (Å²) >= 11 is 0. The third-order valence-corrected chi connectivity index (χ3v) is 2.94. The molecule has 2 N–H and O–H groups in total. The van der Waals surface area contributed by atoms with Crippen molar-refractivity contribution in [3.63, 3.8) is 0 Å². The average Bonchev–Trinajstić information content (AvgIpc) is 2.42. The Bertz CT molecular complexity index is 502. The van der Waals surface area contributed by atoms with Crippen LogP contribution in [0.15, 0.2) is 42.2 Å². The fourth-order valence-electron chi connectivity index (χ4n) is 2.01. The predicted octanol–water partition coefficient (Wildman–Crippen LogP) is 1.12. The lowest BCUT2D eigenvalue weighted by Crippen LogP contribution is -2.20. The van der Waals surface area contributed by atoms with Gasteiger partial charge in [0.15, 0.2) is 11.6 Å². The number of hydrogen-bond donors (Lipinski definition) is 2. The SMILES string of the molecule is CNCC1C=CC=C(Oc2ccc([B]O)cc2F)C1. The van der Waals surface area contributed by atoms with E-state index in [0.29, 0.717) is 11.4 Å². The first-order valence-corrected chi connectivity index (χ1v) is 6.19. The summed E-state index contributed by atoms with van der Waals surface area (Å²) < 4.78 is 19.3. The number of allylic oxidation sites excluding steroid dienone is 3. The van der Waals surface area contributed by atoms with Gasteiger partial charge in [0.25, 0.3) is 0 Å². The van der Waals surface area contributed by atoms with E-state index in [2.05, 4.69) is 11.4 Å². The van der Waals surface area contributed by atoms with Crippen LogP contribution in [0.2, 0.25) is 0 Å². The Balaban J connectivity index is 2.05. The minimum absolute atomic E-state index is 0.176.